The van der Waals surface area contributed by atoms with Crippen LogP contribution in [0.15, 0.2) is 29.6 Å². The summed E-state index contributed by atoms with van der Waals surface area (Å²) in [5.74, 6) is 0.813. The van der Waals surface area contributed by atoms with E-state index in [4.69, 9.17) is 9.47 Å². The molecule has 128 valence electrons. The van der Waals surface area contributed by atoms with Crippen molar-refractivity contribution in [2.24, 2.45) is 0 Å². The van der Waals surface area contributed by atoms with E-state index in [1.54, 1.807) is 0 Å². The highest BCUT2D eigenvalue weighted by Crippen LogP contribution is 2.16. The van der Waals surface area contributed by atoms with E-state index < -0.39 is 0 Å². The molecule has 1 aromatic heterocycles. The van der Waals surface area contributed by atoms with Crippen LogP contribution in [0.3, 0.4) is 0 Å². The highest BCUT2D eigenvalue weighted by molar-refractivity contribution is 7.09. The second-order valence-corrected chi connectivity index (χ2v) is 6.89. The van der Waals surface area contributed by atoms with E-state index in [9.17, 15) is 4.79 Å². The van der Waals surface area contributed by atoms with Crippen LogP contribution in [0.4, 0.5) is 0 Å². The number of hydrogen-bond acceptors (Lipinski definition) is 5. The summed E-state index contributed by atoms with van der Waals surface area (Å²) in [4.78, 5) is 16.4. The monoisotopic (exact) mass is 346 g/mol. The zero-order valence-electron chi connectivity index (χ0n) is 13.8. The van der Waals surface area contributed by atoms with Gasteiger partial charge in [0.15, 0.2) is 0 Å². The minimum Gasteiger partial charge on any atom is -0.486 e. The number of carbonyl (C=O) groups is 1. The van der Waals surface area contributed by atoms with Crippen LogP contribution < -0.4 is 10.1 Å². The number of thiazole rings is 1. The molecule has 1 saturated heterocycles. The first-order valence-corrected chi connectivity index (χ1v) is 9.08. The molecule has 5 nitrogen and oxygen atoms in total. The van der Waals surface area contributed by atoms with Crippen LogP contribution in [0, 0.1) is 6.92 Å². The van der Waals surface area contributed by atoms with Gasteiger partial charge in [-0.2, -0.15) is 0 Å². The second kappa shape index (κ2) is 8.26. The Kier molecular flexibility index (Phi) is 5.82. The molecular weight excluding hydrogens is 324 g/mol. The van der Waals surface area contributed by atoms with E-state index in [0.717, 1.165) is 35.9 Å². The van der Waals surface area contributed by atoms with Crippen molar-refractivity contribution in [3.05, 3.63) is 45.9 Å². The molecule has 2 heterocycles. The van der Waals surface area contributed by atoms with Crippen molar-refractivity contribution < 1.29 is 14.3 Å². The Morgan fingerprint density at radius 3 is 3.00 bits per heavy atom. The maximum absolute atomic E-state index is 12.0. The lowest BCUT2D eigenvalue weighted by atomic mass is 10.2. The normalized spacial score (nSPS) is 17.0. The summed E-state index contributed by atoms with van der Waals surface area (Å²) in [7, 11) is 0. The molecule has 0 bridgehead atoms. The minimum atomic E-state index is -0.0122. The van der Waals surface area contributed by atoms with Crippen LogP contribution in [0.5, 0.6) is 5.75 Å². The summed E-state index contributed by atoms with van der Waals surface area (Å²) < 4.78 is 11.2. The van der Waals surface area contributed by atoms with E-state index in [-0.39, 0.29) is 12.0 Å². The van der Waals surface area contributed by atoms with Gasteiger partial charge in [-0.25, -0.2) is 4.98 Å². The number of aromatic nitrogens is 1. The first-order valence-electron chi connectivity index (χ1n) is 8.20. The number of nitrogens with one attached hydrogen (secondary N) is 1. The maximum Gasteiger partial charge on any atom is 0.226 e. The van der Waals surface area contributed by atoms with Crippen molar-refractivity contribution in [1.29, 1.82) is 0 Å². The smallest absolute Gasteiger partial charge is 0.226 e. The second-order valence-electron chi connectivity index (χ2n) is 5.95. The quantitative estimate of drug-likeness (QED) is 0.837. The molecule has 0 saturated carbocycles. The number of hydrogen-bond donors (Lipinski definition) is 1. The standard InChI is InChI=1S/C18H22N2O3S/c1-13-4-6-15(7-5-13)23-11-18-20-14(12-24-18)9-17(21)19-10-16-3-2-8-22-16/h4-7,12,16H,2-3,8-11H2,1H3,(H,19,21). The van der Waals surface area contributed by atoms with Gasteiger partial charge in [-0.15, -0.1) is 11.3 Å². The van der Waals surface area contributed by atoms with E-state index >= 15 is 0 Å². The molecule has 3 rings (SSSR count). The summed E-state index contributed by atoms with van der Waals surface area (Å²) in [6, 6.07) is 7.92. The molecule has 1 amide bonds. The summed E-state index contributed by atoms with van der Waals surface area (Å²) in [6.07, 6.45) is 2.57. The average molecular weight is 346 g/mol. The first kappa shape index (κ1) is 16.9. The molecule has 1 aliphatic heterocycles. The largest absolute Gasteiger partial charge is 0.486 e. The molecule has 1 fully saturated rings. The lowest BCUT2D eigenvalue weighted by Gasteiger charge is -2.10. The molecule has 1 aliphatic rings. The Labute approximate surface area is 146 Å². The van der Waals surface area contributed by atoms with Gasteiger partial charge >= 0.3 is 0 Å². The van der Waals surface area contributed by atoms with Crippen LogP contribution in [0.25, 0.3) is 0 Å². The van der Waals surface area contributed by atoms with Gasteiger partial charge < -0.3 is 14.8 Å². The predicted octanol–water partition coefficient (Wildman–Crippen LogP) is 2.87. The molecule has 1 N–H and O–H groups in total. The average Bonchev–Trinajstić information content (AvgIpc) is 3.24. The molecule has 2 aromatic rings. The molecule has 0 aliphatic carbocycles. The molecule has 6 heteroatoms. The molecule has 0 spiro atoms. The lowest BCUT2D eigenvalue weighted by Crippen LogP contribution is -2.32. The van der Waals surface area contributed by atoms with Crippen LogP contribution in [-0.4, -0.2) is 30.1 Å². The predicted molar refractivity (Wildman–Crippen MR) is 93.3 cm³/mol. The number of nitrogens with zero attached hydrogens (tertiary/aromatic N) is 1. The van der Waals surface area contributed by atoms with Gasteiger partial charge in [-0.3, -0.25) is 4.79 Å². The number of ether oxygens (including phenoxy) is 2. The van der Waals surface area contributed by atoms with Crippen LogP contribution in [-0.2, 0) is 22.6 Å². The third-order valence-corrected chi connectivity index (χ3v) is 4.75. The van der Waals surface area contributed by atoms with Crippen molar-refractivity contribution in [2.75, 3.05) is 13.2 Å². The fourth-order valence-electron chi connectivity index (χ4n) is 2.54. The Hall–Kier alpha value is -1.92. The topological polar surface area (TPSA) is 60.5 Å². The fraction of sp³-hybridized carbons (Fsp3) is 0.444. The summed E-state index contributed by atoms with van der Waals surface area (Å²) >= 11 is 1.52. The Bertz CT molecular complexity index is 663. The van der Waals surface area contributed by atoms with Crippen molar-refractivity contribution in [3.8, 4) is 5.75 Å². The van der Waals surface area contributed by atoms with E-state index in [2.05, 4.69) is 10.3 Å². The van der Waals surface area contributed by atoms with Gasteiger partial charge in [0.2, 0.25) is 5.91 Å². The highest BCUT2D eigenvalue weighted by atomic mass is 32.1. The Morgan fingerprint density at radius 1 is 1.42 bits per heavy atom. The van der Waals surface area contributed by atoms with Crippen LogP contribution >= 0.6 is 11.3 Å². The van der Waals surface area contributed by atoms with Gasteiger partial charge in [0, 0.05) is 18.5 Å². The van der Waals surface area contributed by atoms with E-state index in [1.165, 1.54) is 16.9 Å². The third-order valence-electron chi connectivity index (χ3n) is 3.88. The number of aryl methyl sites for hydroxylation is 1. The van der Waals surface area contributed by atoms with Gasteiger partial charge in [0.1, 0.15) is 17.4 Å². The number of amides is 1. The molecule has 1 unspecified atom stereocenters. The van der Waals surface area contributed by atoms with Gasteiger partial charge in [0.25, 0.3) is 0 Å². The molecule has 1 atom stereocenters. The SMILES string of the molecule is Cc1ccc(OCc2nc(CC(=O)NCC3CCCO3)cs2)cc1. The Balaban J connectivity index is 1.42. The van der Waals surface area contributed by atoms with Crippen LogP contribution in [0.2, 0.25) is 0 Å². The van der Waals surface area contributed by atoms with E-state index in [0.29, 0.717) is 19.6 Å². The van der Waals surface area contributed by atoms with Gasteiger partial charge in [-0.05, 0) is 31.9 Å². The van der Waals surface area contributed by atoms with E-state index in [1.807, 2.05) is 36.6 Å². The van der Waals surface area contributed by atoms with Crippen molar-refractivity contribution in [2.45, 2.75) is 38.9 Å². The first-order chi connectivity index (χ1) is 11.7. The number of carbonyl (C=O) groups excluding carboxylic acids is 1. The van der Waals surface area contributed by atoms with Crippen molar-refractivity contribution >= 4 is 17.2 Å². The van der Waals surface area contributed by atoms with Gasteiger partial charge in [-0.1, -0.05) is 17.7 Å². The molecular formula is C18H22N2O3S. The maximum atomic E-state index is 12.0. The highest BCUT2D eigenvalue weighted by Gasteiger charge is 2.16. The third kappa shape index (κ3) is 5.04. The fourth-order valence-corrected chi connectivity index (χ4v) is 3.24. The van der Waals surface area contributed by atoms with Crippen molar-refractivity contribution in [1.82, 2.24) is 10.3 Å². The van der Waals surface area contributed by atoms with Crippen molar-refractivity contribution in [3.63, 3.8) is 0 Å². The number of benzene rings is 1. The molecule has 1 aromatic carbocycles. The van der Waals surface area contributed by atoms with Gasteiger partial charge in [0.05, 0.1) is 18.2 Å². The van der Waals surface area contributed by atoms with Crippen LogP contribution in [0.1, 0.15) is 29.1 Å². The summed E-state index contributed by atoms with van der Waals surface area (Å²) in [5, 5.41) is 5.70. The number of rotatable bonds is 7. The zero-order valence-corrected chi connectivity index (χ0v) is 14.6. The summed E-state index contributed by atoms with van der Waals surface area (Å²) in [6.45, 7) is 3.86. The minimum absolute atomic E-state index is 0.0122. The molecule has 0 radical (unpaired) electrons. The molecule has 24 heavy (non-hydrogen) atoms. The Morgan fingerprint density at radius 2 is 2.25 bits per heavy atom. The lowest BCUT2D eigenvalue weighted by molar-refractivity contribution is -0.121. The summed E-state index contributed by atoms with van der Waals surface area (Å²) in [5.41, 5.74) is 1.99. The zero-order chi connectivity index (χ0) is 16.8.